The van der Waals surface area contributed by atoms with Gasteiger partial charge in [-0.05, 0) is 12.1 Å². The Hall–Kier alpha value is -1.82. The molecule has 2 heterocycles. The van der Waals surface area contributed by atoms with Crippen LogP contribution >= 0.6 is 0 Å². The molecule has 0 saturated carbocycles. The fourth-order valence-corrected chi connectivity index (χ4v) is 1.63. The first kappa shape index (κ1) is 10.7. The van der Waals surface area contributed by atoms with Crippen molar-refractivity contribution in [2.45, 2.75) is 0 Å². The number of pyridine rings is 1. The maximum atomic E-state index is 11.5. The van der Waals surface area contributed by atoms with Gasteiger partial charge < -0.3 is 15.2 Å². The molecule has 86 valence electrons. The molecular weight excluding hydrogens is 206 g/mol. The van der Waals surface area contributed by atoms with Crippen LogP contribution in [0.4, 0.5) is 11.6 Å². The number of piperazine rings is 1. The van der Waals surface area contributed by atoms with Gasteiger partial charge in [-0.1, -0.05) is 6.07 Å². The Morgan fingerprint density at radius 2 is 2.25 bits per heavy atom. The van der Waals surface area contributed by atoms with Crippen molar-refractivity contribution in [3.8, 4) is 0 Å². The molecule has 1 aromatic heterocycles. The summed E-state index contributed by atoms with van der Waals surface area (Å²) in [6.07, 6.45) is 0. The second-order valence-corrected chi connectivity index (χ2v) is 3.76. The van der Waals surface area contributed by atoms with E-state index in [1.54, 1.807) is 11.0 Å². The van der Waals surface area contributed by atoms with Crippen molar-refractivity contribution in [1.82, 2.24) is 9.88 Å². The highest BCUT2D eigenvalue weighted by atomic mass is 16.2. The van der Waals surface area contributed by atoms with Crippen LogP contribution in [0.2, 0.25) is 0 Å². The molecule has 6 heteroatoms. The van der Waals surface area contributed by atoms with E-state index in [9.17, 15) is 4.79 Å². The Balaban J connectivity index is 2.15. The van der Waals surface area contributed by atoms with Gasteiger partial charge in [0.25, 0.3) is 0 Å². The zero-order chi connectivity index (χ0) is 11.5. The first-order chi connectivity index (χ1) is 7.70. The number of anilines is 2. The number of carbonyl (C=O) groups excluding carboxylic acids is 1. The third-order valence-electron chi connectivity index (χ3n) is 2.66. The SMILES string of the molecule is CN1CCN(c2cccc(NN)n2)CC1=O. The van der Waals surface area contributed by atoms with Crippen LogP contribution in [0.25, 0.3) is 0 Å². The highest BCUT2D eigenvalue weighted by molar-refractivity contribution is 5.82. The second-order valence-electron chi connectivity index (χ2n) is 3.76. The lowest BCUT2D eigenvalue weighted by molar-refractivity contribution is -0.129. The van der Waals surface area contributed by atoms with Gasteiger partial charge in [-0.2, -0.15) is 0 Å². The maximum Gasteiger partial charge on any atom is 0.241 e. The van der Waals surface area contributed by atoms with Crippen LogP contribution in [0.15, 0.2) is 18.2 Å². The summed E-state index contributed by atoms with van der Waals surface area (Å²) in [4.78, 5) is 19.5. The Labute approximate surface area is 94.0 Å². The Morgan fingerprint density at radius 3 is 2.94 bits per heavy atom. The van der Waals surface area contributed by atoms with Crippen molar-refractivity contribution in [3.05, 3.63) is 18.2 Å². The van der Waals surface area contributed by atoms with Gasteiger partial charge in [-0.3, -0.25) is 4.79 Å². The minimum absolute atomic E-state index is 0.110. The van der Waals surface area contributed by atoms with Crippen molar-refractivity contribution >= 4 is 17.5 Å². The third kappa shape index (κ3) is 2.06. The summed E-state index contributed by atoms with van der Waals surface area (Å²) in [5.41, 5.74) is 2.49. The molecule has 1 aliphatic rings. The number of likely N-dealkylation sites (N-methyl/N-ethyl adjacent to an activating group) is 1. The van der Waals surface area contributed by atoms with Crippen LogP contribution in [0.3, 0.4) is 0 Å². The molecule has 1 saturated heterocycles. The molecule has 2 rings (SSSR count). The van der Waals surface area contributed by atoms with E-state index in [0.717, 1.165) is 18.9 Å². The van der Waals surface area contributed by atoms with Crippen LogP contribution in [0, 0.1) is 0 Å². The lowest BCUT2D eigenvalue weighted by atomic mass is 10.3. The number of amides is 1. The molecule has 3 N–H and O–H groups in total. The smallest absolute Gasteiger partial charge is 0.241 e. The number of carbonyl (C=O) groups is 1. The van der Waals surface area contributed by atoms with Gasteiger partial charge in [0.1, 0.15) is 11.6 Å². The fraction of sp³-hybridized carbons (Fsp3) is 0.400. The quantitative estimate of drug-likeness (QED) is 0.527. The van der Waals surface area contributed by atoms with Crippen LogP contribution in [0.1, 0.15) is 0 Å². The molecule has 0 radical (unpaired) electrons. The fourth-order valence-electron chi connectivity index (χ4n) is 1.63. The van der Waals surface area contributed by atoms with Crippen molar-refractivity contribution in [2.24, 2.45) is 5.84 Å². The van der Waals surface area contributed by atoms with Crippen LogP contribution < -0.4 is 16.2 Å². The summed E-state index contributed by atoms with van der Waals surface area (Å²) in [5, 5.41) is 0. The maximum absolute atomic E-state index is 11.5. The van der Waals surface area contributed by atoms with E-state index in [-0.39, 0.29) is 5.91 Å². The molecule has 0 atom stereocenters. The normalized spacial score (nSPS) is 16.5. The van der Waals surface area contributed by atoms with Gasteiger partial charge in [-0.25, -0.2) is 10.8 Å². The molecular formula is C10H15N5O. The van der Waals surface area contributed by atoms with Gasteiger partial charge in [-0.15, -0.1) is 0 Å². The number of hydrogen-bond donors (Lipinski definition) is 2. The van der Waals surface area contributed by atoms with Crippen molar-refractivity contribution in [1.29, 1.82) is 0 Å². The van der Waals surface area contributed by atoms with E-state index in [1.165, 1.54) is 0 Å². The zero-order valence-electron chi connectivity index (χ0n) is 9.18. The van der Waals surface area contributed by atoms with Gasteiger partial charge in [0, 0.05) is 20.1 Å². The lowest BCUT2D eigenvalue weighted by Gasteiger charge is -2.32. The number of nitrogens with two attached hydrogens (primary N) is 1. The van der Waals surface area contributed by atoms with Crippen molar-refractivity contribution in [3.63, 3.8) is 0 Å². The zero-order valence-corrected chi connectivity index (χ0v) is 9.18. The molecule has 0 unspecified atom stereocenters. The van der Waals surface area contributed by atoms with E-state index >= 15 is 0 Å². The lowest BCUT2D eigenvalue weighted by Crippen LogP contribution is -2.48. The summed E-state index contributed by atoms with van der Waals surface area (Å²) in [6, 6.07) is 5.52. The average Bonchev–Trinajstić information content (AvgIpc) is 2.33. The summed E-state index contributed by atoms with van der Waals surface area (Å²) >= 11 is 0. The summed E-state index contributed by atoms with van der Waals surface area (Å²) < 4.78 is 0. The largest absolute Gasteiger partial charge is 0.345 e. The van der Waals surface area contributed by atoms with Gasteiger partial charge in [0.2, 0.25) is 5.91 Å². The molecule has 1 fully saturated rings. The summed E-state index contributed by atoms with van der Waals surface area (Å²) in [6.45, 7) is 1.89. The predicted molar refractivity (Wildman–Crippen MR) is 61.9 cm³/mol. The molecule has 0 aliphatic carbocycles. The van der Waals surface area contributed by atoms with Crippen molar-refractivity contribution < 1.29 is 4.79 Å². The highest BCUT2D eigenvalue weighted by Crippen LogP contribution is 2.15. The molecule has 1 aromatic rings. The van der Waals surface area contributed by atoms with E-state index in [1.807, 2.05) is 24.1 Å². The average molecular weight is 221 g/mol. The first-order valence-electron chi connectivity index (χ1n) is 5.13. The first-order valence-corrected chi connectivity index (χ1v) is 5.13. The third-order valence-corrected chi connectivity index (χ3v) is 2.66. The number of nitrogens with one attached hydrogen (secondary N) is 1. The number of hydrazine groups is 1. The van der Waals surface area contributed by atoms with Gasteiger partial charge >= 0.3 is 0 Å². The van der Waals surface area contributed by atoms with E-state index in [4.69, 9.17) is 5.84 Å². The molecule has 6 nitrogen and oxygen atoms in total. The Bertz CT molecular complexity index is 395. The van der Waals surface area contributed by atoms with Crippen LogP contribution in [0.5, 0.6) is 0 Å². The van der Waals surface area contributed by atoms with Crippen molar-refractivity contribution in [2.75, 3.05) is 37.0 Å². The minimum Gasteiger partial charge on any atom is -0.345 e. The molecule has 0 aromatic carbocycles. The number of hydrogen-bond acceptors (Lipinski definition) is 5. The minimum atomic E-state index is 0.110. The predicted octanol–water partition coefficient (Wildman–Crippen LogP) is -0.354. The molecule has 0 spiro atoms. The number of nitrogens with zero attached hydrogens (tertiary/aromatic N) is 3. The Kier molecular flexibility index (Phi) is 2.91. The number of aromatic nitrogens is 1. The monoisotopic (exact) mass is 221 g/mol. The molecule has 16 heavy (non-hydrogen) atoms. The van der Waals surface area contributed by atoms with Gasteiger partial charge in [0.15, 0.2) is 0 Å². The van der Waals surface area contributed by atoms with Gasteiger partial charge in [0.05, 0.1) is 6.54 Å². The molecule has 0 bridgehead atoms. The molecule has 1 aliphatic heterocycles. The van der Waals surface area contributed by atoms with Crippen LogP contribution in [-0.2, 0) is 4.79 Å². The summed E-state index contributed by atoms with van der Waals surface area (Å²) in [7, 11) is 1.81. The van der Waals surface area contributed by atoms with E-state index in [2.05, 4.69) is 10.4 Å². The number of nitrogen functional groups attached to an aromatic ring is 1. The molecule has 1 amide bonds. The van der Waals surface area contributed by atoms with Crippen LogP contribution in [-0.4, -0.2) is 42.5 Å². The van der Waals surface area contributed by atoms with E-state index < -0.39 is 0 Å². The highest BCUT2D eigenvalue weighted by Gasteiger charge is 2.21. The topological polar surface area (TPSA) is 74.5 Å². The standard InChI is InChI=1S/C10H15N5O/c1-14-5-6-15(7-10(14)16)9-4-2-3-8(12-9)13-11/h2-4H,5-7,11H2,1H3,(H,12,13). The number of rotatable bonds is 2. The Morgan fingerprint density at radius 1 is 1.44 bits per heavy atom. The second kappa shape index (κ2) is 4.36. The van der Waals surface area contributed by atoms with E-state index in [0.29, 0.717) is 12.4 Å². The summed E-state index contributed by atoms with van der Waals surface area (Å²) in [5.74, 6) is 6.78.